The zero-order valence-corrected chi connectivity index (χ0v) is 25.4. The van der Waals surface area contributed by atoms with Gasteiger partial charge >= 0.3 is 0 Å². The number of benzene rings is 3. The van der Waals surface area contributed by atoms with Gasteiger partial charge < -0.3 is 18.9 Å². The molecule has 0 bridgehead atoms. The van der Waals surface area contributed by atoms with Crippen LogP contribution in [-0.2, 0) is 9.59 Å². The van der Waals surface area contributed by atoms with Crippen molar-refractivity contribution in [2.75, 3.05) is 33.3 Å². The van der Waals surface area contributed by atoms with Gasteiger partial charge in [0.1, 0.15) is 5.75 Å². The van der Waals surface area contributed by atoms with Crippen LogP contribution in [0.4, 0.5) is 10.8 Å². The van der Waals surface area contributed by atoms with Crippen molar-refractivity contribution in [2.45, 2.75) is 26.3 Å². The van der Waals surface area contributed by atoms with Crippen molar-refractivity contribution in [3.63, 3.8) is 0 Å². The Morgan fingerprint density at radius 2 is 1.77 bits per heavy atom. The third kappa shape index (κ3) is 6.10. The third-order valence-corrected chi connectivity index (χ3v) is 7.95. The van der Waals surface area contributed by atoms with Crippen LogP contribution < -0.4 is 24.3 Å². The summed E-state index contributed by atoms with van der Waals surface area (Å²) in [5, 5.41) is 20.1. The SMILES string of the molecule is COc1cc(C2=NN(C(C)=O)C(c3ccc(C)c(OCC(=O)Nc4nc5ccc([N+](=O)[O-])cc5s4)c3)C2)cc(OC)c1OC. The number of hydrogen-bond donors (Lipinski definition) is 1. The van der Waals surface area contributed by atoms with Crippen LogP contribution in [0, 0.1) is 17.0 Å². The standard InChI is InChI=1S/C30H29N5O8S/c1-16-6-7-18(10-24(16)43-15-28(37)32-30-31-21-9-8-20(35(38)39)13-27(21)44-30)23-14-22(33-34(23)17(2)36)19-11-25(40-3)29(42-5)26(12-19)41-4/h6-13,23H,14-15H2,1-5H3,(H,31,32,37). The number of hydrazone groups is 1. The van der Waals surface area contributed by atoms with Gasteiger partial charge in [-0.15, -0.1) is 0 Å². The first-order chi connectivity index (χ1) is 21.1. The molecule has 14 heteroatoms. The average molecular weight is 620 g/mol. The highest BCUT2D eigenvalue weighted by atomic mass is 32.1. The molecule has 2 amide bonds. The molecule has 1 aliphatic heterocycles. The maximum Gasteiger partial charge on any atom is 0.270 e. The number of amides is 2. The topological polar surface area (TPSA) is 155 Å². The number of thiazole rings is 1. The second-order valence-electron chi connectivity index (χ2n) is 9.83. The Hall–Kier alpha value is -5.24. The van der Waals surface area contributed by atoms with Crippen molar-refractivity contribution < 1.29 is 33.5 Å². The summed E-state index contributed by atoms with van der Waals surface area (Å²) < 4.78 is 22.9. The number of non-ortho nitro benzene ring substituents is 1. The molecule has 44 heavy (non-hydrogen) atoms. The predicted octanol–water partition coefficient (Wildman–Crippen LogP) is 5.25. The monoisotopic (exact) mass is 619 g/mol. The van der Waals surface area contributed by atoms with Gasteiger partial charge in [0.15, 0.2) is 23.2 Å². The number of carbonyl (C=O) groups excluding carboxylic acids is 2. The number of nitro groups is 1. The van der Waals surface area contributed by atoms with Crippen LogP contribution in [0.3, 0.4) is 0 Å². The van der Waals surface area contributed by atoms with Gasteiger partial charge in [-0.2, -0.15) is 5.10 Å². The molecule has 0 fully saturated rings. The molecule has 0 aliphatic carbocycles. The fourth-order valence-electron chi connectivity index (χ4n) is 4.84. The minimum atomic E-state index is -0.483. The van der Waals surface area contributed by atoms with Crippen molar-refractivity contribution in [3.8, 4) is 23.0 Å². The van der Waals surface area contributed by atoms with E-state index in [1.54, 1.807) is 18.2 Å². The van der Waals surface area contributed by atoms with Crippen LogP contribution in [0.15, 0.2) is 53.6 Å². The highest BCUT2D eigenvalue weighted by Gasteiger charge is 2.33. The van der Waals surface area contributed by atoms with Gasteiger partial charge in [0.2, 0.25) is 11.7 Å². The van der Waals surface area contributed by atoms with Crippen LogP contribution in [0.2, 0.25) is 0 Å². The number of nitrogens with one attached hydrogen (secondary N) is 1. The quantitative estimate of drug-likeness (QED) is 0.185. The van der Waals surface area contributed by atoms with Crippen molar-refractivity contribution in [1.82, 2.24) is 9.99 Å². The summed E-state index contributed by atoms with van der Waals surface area (Å²) >= 11 is 1.13. The number of anilines is 1. The van der Waals surface area contributed by atoms with Crippen molar-refractivity contribution in [1.29, 1.82) is 0 Å². The van der Waals surface area contributed by atoms with Crippen LogP contribution in [0.1, 0.15) is 36.1 Å². The van der Waals surface area contributed by atoms with E-state index in [4.69, 9.17) is 18.9 Å². The molecule has 5 rings (SSSR count). The highest BCUT2D eigenvalue weighted by Crippen LogP contribution is 2.41. The van der Waals surface area contributed by atoms with Crippen LogP contribution in [0.25, 0.3) is 10.2 Å². The first-order valence-electron chi connectivity index (χ1n) is 13.4. The molecule has 228 valence electrons. The van der Waals surface area contributed by atoms with Gasteiger partial charge in [-0.25, -0.2) is 9.99 Å². The minimum Gasteiger partial charge on any atom is -0.493 e. The molecule has 0 saturated carbocycles. The van der Waals surface area contributed by atoms with Gasteiger partial charge in [-0.1, -0.05) is 23.5 Å². The molecule has 0 saturated heterocycles. The van der Waals surface area contributed by atoms with E-state index in [1.165, 1.54) is 51.5 Å². The number of hydrogen-bond acceptors (Lipinski definition) is 11. The highest BCUT2D eigenvalue weighted by molar-refractivity contribution is 7.22. The lowest BCUT2D eigenvalue weighted by molar-refractivity contribution is -0.384. The predicted molar refractivity (Wildman–Crippen MR) is 164 cm³/mol. The number of carbonyl (C=O) groups is 2. The lowest BCUT2D eigenvalue weighted by atomic mass is 9.97. The van der Waals surface area contributed by atoms with E-state index in [-0.39, 0.29) is 18.2 Å². The summed E-state index contributed by atoms with van der Waals surface area (Å²) in [6.07, 6.45) is 0.414. The molecule has 1 N–H and O–H groups in total. The number of methoxy groups -OCH3 is 3. The van der Waals surface area contributed by atoms with E-state index in [1.807, 2.05) is 19.1 Å². The summed E-state index contributed by atoms with van der Waals surface area (Å²) in [7, 11) is 4.59. The van der Waals surface area contributed by atoms with Gasteiger partial charge in [-0.3, -0.25) is 25.0 Å². The minimum absolute atomic E-state index is 0.0516. The van der Waals surface area contributed by atoms with Crippen molar-refractivity contribution in [2.24, 2.45) is 5.10 Å². The summed E-state index contributed by atoms with van der Waals surface area (Å²) in [6, 6.07) is 13.0. The van der Waals surface area contributed by atoms with Gasteiger partial charge in [0.05, 0.1) is 48.2 Å². The fourth-order valence-corrected chi connectivity index (χ4v) is 5.76. The Kier molecular flexibility index (Phi) is 8.62. The lowest BCUT2D eigenvalue weighted by Crippen LogP contribution is -2.24. The maximum atomic E-state index is 12.7. The Morgan fingerprint density at radius 3 is 2.41 bits per heavy atom. The van der Waals surface area contributed by atoms with Crippen LogP contribution in [-0.4, -0.2) is 60.4 Å². The van der Waals surface area contributed by atoms with E-state index < -0.39 is 16.9 Å². The number of aromatic nitrogens is 1. The second-order valence-corrected chi connectivity index (χ2v) is 10.9. The van der Waals surface area contributed by atoms with E-state index in [0.717, 1.165) is 28.0 Å². The first kappa shape index (κ1) is 30.2. The summed E-state index contributed by atoms with van der Waals surface area (Å²) in [4.78, 5) is 40.2. The molecule has 2 heterocycles. The smallest absolute Gasteiger partial charge is 0.270 e. The molecule has 1 atom stereocenters. The number of nitrogens with zero attached hydrogens (tertiary/aromatic N) is 4. The Morgan fingerprint density at radius 1 is 1.05 bits per heavy atom. The number of ether oxygens (including phenoxy) is 4. The molecule has 13 nitrogen and oxygen atoms in total. The van der Waals surface area contributed by atoms with Crippen molar-refractivity contribution >= 4 is 49.9 Å². The Labute approximate surface area is 256 Å². The third-order valence-electron chi connectivity index (χ3n) is 7.02. The van der Waals surface area contributed by atoms with Gasteiger partial charge in [0, 0.05) is 31.0 Å². The molecule has 1 unspecified atom stereocenters. The van der Waals surface area contributed by atoms with Crippen molar-refractivity contribution in [3.05, 3.63) is 75.3 Å². The zero-order valence-electron chi connectivity index (χ0n) is 24.6. The van der Waals surface area contributed by atoms with Gasteiger partial charge in [0.25, 0.3) is 11.6 Å². The summed E-state index contributed by atoms with van der Waals surface area (Å²) in [5.74, 6) is 1.19. The zero-order chi connectivity index (χ0) is 31.5. The van der Waals surface area contributed by atoms with Crippen LogP contribution >= 0.6 is 11.3 Å². The molecule has 1 aromatic heterocycles. The van der Waals surface area contributed by atoms with E-state index in [2.05, 4.69) is 15.4 Å². The number of fused-ring (bicyclic) bond motifs is 1. The van der Waals surface area contributed by atoms with E-state index >= 15 is 0 Å². The molecule has 4 aromatic rings. The molecular formula is C30H29N5O8S. The van der Waals surface area contributed by atoms with E-state index in [0.29, 0.717) is 50.5 Å². The molecule has 0 spiro atoms. The Balaban J connectivity index is 1.32. The van der Waals surface area contributed by atoms with Gasteiger partial charge in [-0.05, 0) is 42.3 Å². The number of aryl methyl sites for hydroxylation is 1. The molecule has 0 radical (unpaired) electrons. The largest absolute Gasteiger partial charge is 0.493 e. The van der Waals surface area contributed by atoms with E-state index in [9.17, 15) is 19.7 Å². The summed E-state index contributed by atoms with van der Waals surface area (Å²) in [6.45, 7) is 3.01. The second kappa shape index (κ2) is 12.6. The van der Waals surface area contributed by atoms with Crippen LogP contribution in [0.5, 0.6) is 23.0 Å². The molecule has 1 aliphatic rings. The molecular weight excluding hydrogens is 590 g/mol. The molecule has 3 aromatic carbocycles. The first-order valence-corrected chi connectivity index (χ1v) is 14.2. The number of rotatable bonds is 10. The number of nitro benzene ring substituents is 1. The fraction of sp³-hybridized carbons (Fsp3) is 0.267. The lowest BCUT2D eigenvalue weighted by Gasteiger charge is -2.21. The maximum absolute atomic E-state index is 12.7. The summed E-state index contributed by atoms with van der Waals surface area (Å²) in [5.41, 5.74) is 3.45. The Bertz CT molecular complexity index is 1780. The normalized spacial score (nSPS) is 14.2. The average Bonchev–Trinajstić information content (AvgIpc) is 3.64.